The maximum absolute atomic E-state index is 12.8. The summed E-state index contributed by atoms with van der Waals surface area (Å²) in [7, 11) is 0. The Morgan fingerprint density at radius 3 is 2.54 bits per heavy atom. The minimum absolute atomic E-state index is 0.00717. The van der Waals surface area contributed by atoms with Crippen LogP contribution in [0, 0.1) is 5.92 Å². The number of pyridine rings is 1. The minimum Gasteiger partial charge on any atom is -0.476 e. The lowest BCUT2D eigenvalue weighted by Gasteiger charge is -2.16. The van der Waals surface area contributed by atoms with Crippen LogP contribution in [0.15, 0.2) is 12.3 Å². The molecule has 0 spiro atoms. The quantitative estimate of drug-likeness (QED) is 0.782. The van der Waals surface area contributed by atoms with Crippen LogP contribution in [0.4, 0.5) is 13.2 Å². The van der Waals surface area contributed by atoms with E-state index in [4.69, 9.17) is 11.6 Å². The van der Waals surface area contributed by atoms with Crippen LogP contribution in [0.3, 0.4) is 0 Å². The molecule has 2 rings (SSSR count). The summed E-state index contributed by atoms with van der Waals surface area (Å²) in [5, 5.41) is 13.2. The van der Waals surface area contributed by atoms with Crippen LogP contribution in [0.1, 0.15) is 42.5 Å². The first-order valence-corrected chi connectivity index (χ1v) is 8.52. The number of carboxylic acid groups (broad SMARTS) is 1. The highest BCUT2D eigenvalue weighted by Crippen LogP contribution is 2.34. The average molecular weight is 390 g/mol. The van der Waals surface area contributed by atoms with Crippen molar-refractivity contribution in [1.29, 1.82) is 0 Å². The molecule has 0 saturated carbocycles. The molecule has 0 aliphatic rings. The monoisotopic (exact) mass is 389 g/mol. The molecule has 0 amide bonds. The van der Waals surface area contributed by atoms with Crippen LogP contribution in [0.2, 0.25) is 5.02 Å². The van der Waals surface area contributed by atoms with Crippen molar-refractivity contribution < 1.29 is 23.1 Å². The van der Waals surface area contributed by atoms with Crippen molar-refractivity contribution in [3.8, 4) is 11.3 Å². The molecule has 5 nitrogen and oxygen atoms in total. The van der Waals surface area contributed by atoms with Crippen molar-refractivity contribution in [3.63, 3.8) is 0 Å². The number of aromatic nitrogens is 3. The first-order valence-electron chi connectivity index (χ1n) is 8.14. The number of aromatic carboxylic acids is 1. The second-order valence-corrected chi connectivity index (χ2v) is 6.34. The van der Waals surface area contributed by atoms with Gasteiger partial charge >= 0.3 is 12.1 Å². The molecule has 0 radical (unpaired) electrons. The van der Waals surface area contributed by atoms with Crippen molar-refractivity contribution in [2.24, 2.45) is 5.92 Å². The zero-order chi connectivity index (χ0) is 19.6. The molecular formula is C17H19ClF3N3O2. The molecule has 0 aliphatic carbocycles. The summed E-state index contributed by atoms with van der Waals surface area (Å²) < 4.78 is 39.8. The third-order valence-electron chi connectivity index (χ3n) is 4.15. The second-order valence-electron chi connectivity index (χ2n) is 5.97. The summed E-state index contributed by atoms with van der Waals surface area (Å²) in [5.41, 5.74) is 1.78. The molecule has 1 N–H and O–H groups in total. The summed E-state index contributed by atoms with van der Waals surface area (Å²) in [6.45, 7) is 5.15. The van der Waals surface area contributed by atoms with Gasteiger partial charge in [0.05, 0.1) is 11.6 Å². The van der Waals surface area contributed by atoms with Crippen LogP contribution >= 0.6 is 11.6 Å². The maximum atomic E-state index is 12.8. The molecule has 0 saturated heterocycles. The number of hydrogen-bond donors (Lipinski definition) is 1. The van der Waals surface area contributed by atoms with Gasteiger partial charge in [0.2, 0.25) is 0 Å². The van der Waals surface area contributed by atoms with Crippen molar-refractivity contribution >= 4 is 17.6 Å². The number of carboxylic acids is 1. The Bertz CT molecular complexity index is 818. The summed E-state index contributed by atoms with van der Waals surface area (Å²) in [5.74, 6) is -2.75. The molecule has 0 unspecified atom stereocenters. The summed E-state index contributed by atoms with van der Waals surface area (Å²) in [6, 6.07) is 1.61. The fourth-order valence-electron chi connectivity index (χ4n) is 2.66. The molecule has 0 bridgehead atoms. The molecule has 142 valence electrons. The fourth-order valence-corrected chi connectivity index (χ4v) is 2.97. The maximum Gasteiger partial charge on any atom is 0.391 e. The van der Waals surface area contributed by atoms with Crippen molar-refractivity contribution in [3.05, 3.63) is 34.2 Å². The Labute approximate surface area is 153 Å². The van der Waals surface area contributed by atoms with E-state index >= 15 is 0 Å². The molecule has 1 atom stereocenters. The second kappa shape index (κ2) is 7.65. The highest BCUT2D eigenvalue weighted by atomic mass is 35.5. The lowest BCUT2D eigenvalue weighted by Crippen LogP contribution is -2.22. The Kier molecular flexibility index (Phi) is 5.95. The molecule has 9 heteroatoms. The largest absolute Gasteiger partial charge is 0.476 e. The Morgan fingerprint density at radius 2 is 2.04 bits per heavy atom. The third kappa shape index (κ3) is 4.00. The number of aryl methyl sites for hydroxylation is 2. The number of nitrogens with zero attached hydrogens (tertiary/aromatic N) is 3. The first kappa shape index (κ1) is 20.2. The Hall–Kier alpha value is -2.09. The van der Waals surface area contributed by atoms with E-state index < -0.39 is 18.1 Å². The first-order chi connectivity index (χ1) is 12.1. The minimum atomic E-state index is -4.28. The summed E-state index contributed by atoms with van der Waals surface area (Å²) in [6.07, 6.45) is -2.54. The van der Waals surface area contributed by atoms with Crippen LogP contribution < -0.4 is 0 Å². The van der Waals surface area contributed by atoms with E-state index in [1.54, 1.807) is 13.0 Å². The van der Waals surface area contributed by atoms with E-state index in [2.05, 4.69) is 10.1 Å². The van der Waals surface area contributed by atoms with Gasteiger partial charge in [-0.3, -0.25) is 9.67 Å². The molecule has 0 aromatic carbocycles. The van der Waals surface area contributed by atoms with Gasteiger partial charge in [0, 0.05) is 30.4 Å². The van der Waals surface area contributed by atoms with Crippen molar-refractivity contribution in [2.45, 2.75) is 46.3 Å². The van der Waals surface area contributed by atoms with E-state index in [0.717, 1.165) is 12.5 Å². The van der Waals surface area contributed by atoms with E-state index in [9.17, 15) is 23.1 Å². The lowest BCUT2D eigenvalue weighted by molar-refractivity contribution is -0.169. The van der Waals surface area contributed by atoms with Gasteiger partial charge in [-0.2, -0.15) is 18.3 Å². The SMILES string of the molecule is CCc1cc(C[C@@H](C)C(F)(F)F)ncc1-c1c(Cl)c(C(=O)O)nn1CC. The number of hydrogen-bond acceptors (Lipinski definition) is 3. The van der Waals surface area contributed by atoms with E-state index in [1.165, 1.54) is 10.9 Å². The highest BCUT2D eigenvalue weighted by Gasteiger charge is 2.36. The van der Waals surface area contributed by atoms with Crippen molar-refractivity contribution in [2.75, 3.05) is 0 Å². The average Bonchev–Trinajstić information content (AvgIpc) is 2.90. The lowest BCUT2D eigenvalue weighted by atomic mass is 9.99. The molecular weight excluding hydrogens is 371 g/mol. The molecule has 2 heterocycles. The van der Waals surface area contributed by atoms with Gasteiger partial charge in [-0.25, -0.2) is 4.79 Å². The van der Waals surface area contributed by atoms with Gasteiger partial charge < -0.3 is 5.11 Å². The van der Waals surface area contributed by atoms with E-state index in [-0.39, 0.29) is 17.1 Å². The smallest absolute Gasteiger partial charge is 0.391 e. The predicted molar refractivity (Wildman–Crippen MR) is 91.4 cm³/mol. The predicted octanol–water partition coefficient (Wildman–Crippen LogP) is 4.62. The number of halogens is 4. The number of alkyl halides is 3. The van der Waals surface area contributed by atoms with Gasteiger partial charge in [0.15, 0.2) is 5.69 Å². The topological polar surface area (TPSA) is 68.0 Å². The van der Waals surface area contributed by atoms with Crippen LogP contribution in [-0.2, 0) is 19.4 Å². The Morgan fingerprint density at radius 1 is 1.38 bits per heavy atom. The van der Waals surface area contributed by atoms with Crippen molar-refractivity contribution in [1.82, 2.24) is 14.8 Å². The number of rotatable bonds is 6. The fraction of sp³-hybridized carbons (Fsp3) is 0.471. The van der Waals surface area contributed by atoms with Gasteiger partial charge in [-0.15, -0.1) is 0 Å². The number of carbonyl (C=O) groups is 1. The summed E-state index contributed by atoms with van der Waals surface area (Å²) in [4.78, 5) is 15.4. The molecule has 2 aromatic heterocycles. The van der Waals surface area contributed by atoms with Gasteiger partial charge in [0.25, 0.3) is 0 Å². The van der Waals surface area contributed by atoms with E-state index in [0.29, 0.717) is 29.9 Å². The van der Waals surface area contributed by atoms with E-state index in [1.807, 2.05) is 6.92 Å². The third-order valence-corrected chi connectivity index (χ3v) is 4.51. The molecule has 0 aliphatic heterocycles. The van der Waals surface area contributed by atoms with Gasteiger partial charge in [-0.05, 0) is 25.0 Å². The molecule has 0 fully saturated rings. The van der Waals surface area contributed by atoms with Crippen LogP contribution in [-0.4, -0.2) is 32.0 Å². The molecule has 2 aromatic rings. The normalized spacial score (nSPS) is 13.0. The molecule has 26 heavy (non-hydrogen) atoms. The highest BCUT2D eigenvalue weighted by molar-refractivity contribution is 6.35. The zero-order valence-corrected chi connectivity index (χ0v) is 15.3. The van der Waals surface area contributed by atoms with Gasteiger partial charge in [-0.1, -0.05) is 25.4 Å². The van der Waals surface area contributed by atoms with Gasteiger partial charge in [0.1, 0.15) is 5.02 Å². The van der Waals surface area contributed by atoms with Crippen LogP contribution in [0.25, 0.3) is 11.3 Å². The standard InChI is InChI=1S/C17H19ClF3N3O2/c1-4-10-7-11(6-9(3)17(19,20)21)22-8-12(10)15-13(18)14(16(25)26)23-24(15)5-2/h7-9H,4-6H2,1-3H3,(H,25,26)/t9-/m1/s1. The zero-order valence-electron chi connectivity index (χ0n) is 14.6. The Balaban J connectivity index is 2.50. The summed E-state index contributed by atoms with van der Waals surface area (Å²) >= 11 is 6.21. The van der Waals surface area contributed by atoms with Crippen LogP contribution in [0.5, 0.6) is 0 Å².